The number of amides is 2. The van der Waals surface area contributed by atoms with E-state index in [-0.39, 0.29) is 37.1 Å². The predicted molar refractivity (Wildman–Crippen MR) is 254 cm³/mol. The summed E-state index contributed by atoms with van der Waals surface area (Å²) < 4.78 is 21.4. The molecule has 4 aromatic rings. The van der Waals surface area contributed by atoms with Crippen LogP contribution in [0.15, 0.2) is 72.8 Å². The molecule has 0 spiro atoms. The van der Waals surface area contributed by atoms with Crippen LogP contribution in [-0.4, -0.2) is 127 Å². The molecule has 0 radical (unpaired) electrons. The topological polar surface area (TPSA) is 157 Å². The molecule has 4 aromatic carbocycles. The molecule has 14 nitrogen and oxygen atoms in total. The number of anilines is 2. The maximum Gasteiger partial charge on any atom is 0.252 e. The molecule has 6 rings (SSSR count). The fourth-order valence-corrected chi connectivity index (χ4v) is 8.13. The van der Waals surface area contributed by atoms with Gasteiger partial charge in [0.2, 0.25) is 0 Å². The second kappa shape index (κ2) is 25.1. The molecule has 2 amide bonds. The Morgan fingerprint density at radius 2 is 1.02 bits per heavy atom. The average molecular weight is 883 g/mol. The number of rotatable bonds is 19. The van der Waals surface area contributed by atoms with Gasteiger partial charge in [0.1, 0.15) is 0 Å². The SMILES string of the molecule is CCN1CCN(c2ccc(CCCO)c(C(=O)N[C@H](C)c3ccc(OC)c(OC)c3)c2)CC1.COc1ccc([C@@H](C)NC(=O)c2cc(N3CCNCC3)ccc2CCCO)cc1OC. The molecule has 0 aromatic heterocycles. The van der Waals surface area contributed by atoms with Crippen molar-refractivity contribution in [3.05, 3.63) is 106 Å². The maximum atomic E-state index is 13.4. The number of methoxy groups -OCH3 is 4. The summed E-state index contributed by atoms with van der Waals surface area (Å²) in [6.45, 7) is 15.0. The predicted octanol–water partition coefficient (Wildman–Crippen LogP) is 5.79. The summed E-state index contributed by atoms with van der Waals surface area (Å²) in [7, 11) is 6.40. The molecule has 0 saturated carbocycles. The third-order valence-electron chi connectivity index (χ3n) is 12.1. The van der Waals surface area contributed by atoms with Gasteiger partial charge in [-0.1, -0.05) is 31.2 Å². The lowest BCUT2D eigenvalue weighted by molar-refractivity contribution is 0.0930. The van der Waals surface area contributed by atoms with Crippen LogP contribution in [0.3, 0.4) is 0 Å². The van der Waals surface area contributed by atoms with Crippen LogP contribution in [0, 0.1) is 0 Å². The lowest BCUT2D eigenvalue weighted by Gasteiger charge is -2.35. The molecule has 2 heterocycles. The van der Waals surface area contributed by atoms with Crippen LogP contribution in [0.2, 0.25) is 0 Å². The van der Waals surface area contributed by atoms with Gasteiger partial charge in [0.15, 0.2) is 23.0 Å². The van der Waals surface area contributed by atoms with E-state index in [1.54, 1.807) is 28.4 Å². The number of likely N-dealkylation sites (N-methyl/N-ethyl adjacent to an activating group) is 1. The molecular formula is C50H70N6O8. The molecule has 14 heteroatoms. The first-order valence-electron chi connectivity index (χ1n) is 22.5. The summed E-state index contributed by atoms with van der Waals surface area (Å²) in [5.74, 6) is 2.34. The van der Waals surface area contributed by atoms with Crippen molar-refractivity contribution in [2.24, 2.45) is 0 Å². The van der Waals surface area contributed by atoms with Gasteiger partial charge < -0.3 is 59.8 Å². The third-order valence-corrected chi connectivity index (χ3v) is 12.1. The Hall–Kier alpha value is -5.54. The number of piperazine rings is 2. The van der Waals surface area contributed by atoms with Crippen molar-refractivity contribution < 1.29 is 38.7 Å². The van der Waals surface area contributed by atoms with Crippen LogP contribution in [0.5, 0.6) is 23.0 Å². The van der Waals surface area contributed by atoms with E-state index < -0.39 is 0 Å². The summed E-state index contributed by atoms with van der Waals surface area (Å²) >= 11 is 0. The lowest BCUT2D eigenvalue weighted by atomic mass is 9.99. The number of aryl methyl sites for hydroxylation is 2. The van der Waals surface area contributed by atoms with Gasteiger partial charge in [-0.05, 0) is 117 Å². The Bertz CT molecular complexity index is 2100. The number of aliphatic hydroxyl groups is 2. The first-order valence-corrected chi connectivity index (χ1v) is 22.5. The molecule has 2 saturated heterocycles. The first-order chi connectivity index (χ1) is 31.1. The van der Waals surface area contributed by atoms with Crippen molar-refractivity contribution in [1.29, 1.82) is 0 Å². The molecule has 348 valence electrons. The van der Waals surface area contributed by atoms with Crippen molar-refractivity contribution in [3.8, 4) is 23.0 Å². The van der Waals surface area contributed by atoms with Crippen LogP contribution in [0.25, 0.3) is 0 Å². The van der Waals surface area contributed by atoms with Crippen molar-refractivity contribution in [2.75, 3.05) is 110 Å². The van der Waals surface area contributed by atoms with Crippen LogP contribution in [0.4, 0.5) is 11.4 Å². The summed E-state index contributed by atoms with van der Waals surface area (Å²) in [6.07, 6.45) is 2.57. The van der Waals surface area contributed by atoms with Gasteiger partial charge in [-0.15, -0.1) is 0 Å². The van der Waals surface area contributed by atoms with Crippen molar-refractivity contribution in [2.45, 2.75) is 58.5 Å². The van der Waals surface area contributed by atoms with E-state index in [9.17, 15) is 19.8 Å². The molecular weight excluding hydrogens is 813 g/mol. The van der Waals surface area contributed by atoms with Crippen molar-refractivity contribution in [1.82, 2.24) is 20.9 Å². The first kappa shape index (κ1) is 49.5. The largest absolute Gasteiger partial charge is 0.493 e. The van der Waals surface area contributed by atoms with E-state index in [1.165, 1.54) is 0 Å². The van der Waals surface area contributed by atoms with E-state index in [4.69, 9.17) is 18.9 Å². The molecule has 64 heavy (non-hydrogen) atoms. The smallest absolute Gasteiger partial charge is 0.252 e. The van der Waals surface area contributed by atoms with E-state index in [2.05, 4.69) is 49.7 Å². The zero-order valence-corrected chi connectivity index (χ0v) is 38.9. The third kappa shape index (κ3) is 13.3. The monoisotopic (exact) mass is 883 g/mol. The number of carbonyl (C=O) groups is 2. The molecule has 2 aliphatic rings. The summed E-state index contributed by atoms with van der Waals surface area (Å²) in [4.78, 5) is 33.7. The van der Waals surface area contributed by atoms with Gasteiger partial charge in [-0.25, -0.2) is 0 Å². The Balaban J connectivity index is 0.000000241. The minimum atomic E-state index is -0.209. The second-order valence-corrected chi connectivity index (χ2v) is 16.1. The van der Waals surface area contributed by atoms with Gasteiger partial charge in [0, 0.05) is 88.1 Å². The van der Waals surface area contributed by atoms with Crippen molar-refractivity contribution in [3.63, 3.8) is 0 Å². The molecule has 0 bridgehead atoms. The average Bonchev–Trinajstić information content (AvgIpc) is 3.34. The number of benzene rings is 4. The van der Waals surface area contributed by atoms with Crippen LogP contribution in [0.1, 0.15) is 88.7 Å². The fraction of sp³-hybridized carbons (Fsp3) is 0.480. The highest BCUT2D eigenvalue weighted by Gasteiger charge is 2.22. The Morgan fingerprint density at radius 3 is 1.41 bits per heavy atom. The number of aliphatic hydroxyl groups excluding tert-OH is 2. The summed E-state index contributed by atoms with van der Waals surface area (Å²) in [6, 6.07) is 23.1. The number of hydrogen-bond acceptors (Lipinski definition) is 12. The zero-order valence-electron chi connectivity index (χ0n) is 38.9. The number of nitrogens with zero attached hydrogens (tertiary/aromatic N) is 3. The van der Waals surface area contributed by atoms with Gasteiger partial charge in [-0.2, -0.15) is 0 Å². The van der Waals surface area contributed by atoms with E-state index in [0.29, 0.717) is 59.8 Å². The summed E-state index contributed by atoms with van der Waals surface area (Å²) in [5, 5.41) is 28.2. The van der Waals surface area contributed by atoms with Crippen LogP contribution >= 0.6 is 0 Å². The highest BCUT2D eigenvalue weighted by atomic mass is 16.5. The van der Waals surface area contributed by atoms with E-state index >= 15 is 0 Å². The maximum absolute atomic E-state index is 13.4. The second-order valence-electron chi connectivity index (χ2n) is 16.1. The lowest BCUT2D eigenvalue weighted by Crippen LogP contribution is -2.46. The van der Waals surface area contributed by atoms with Gasteiger partial charge in [0.25, 0.3) is 11.8 Å². The molecule has 0 aliphatic carbocycles. The standard InChI is InChI=1S/C26H37N3O4.C24H33N3O4/c1-5-28-12-14-29(15-13-28)22-10-8-20(7-6-16-30)23(18-22)26(31)27-19(2)21-9-11-24(32-3)25(17-21)33-4;1-17(19-7-9-22(30-2)23(15-19)31-3)26-24(29)21-16-20(27-12-10-25-11-13-27)8-6-18(21)5-4-14-28/h8-11,17-19,30H,5-7,12-16H2,1-4H3,(H,27,31);6-9,15-17,25,28H,4-5,10-14H2,1-3H3,(H,26,29)/t19-;17-/m11/s1. The number of hydrogen-bond donors (Lipinski definition) is 5. The van der Waals surface area contributed by atoms with Crippen molar-refractivity contribution >= 4 is 23.2 Å². The van der Waals surface area contributed by atoms with Gasteiger partial charge >= 0.3 is 0 Å². The zero-order chi connectivity index (χ0) is 46.0. The Labute approximate surface area is 379 Å². The fourth-order valence-electron chi connectivity index (χ4n) is 8.13. The molecule has 2 fully saturated rings. The number of ether oxygens (including phenoxy) is 4. The Morgan fingerprint density at radius 1 is 0.594 bits per heavy atom. The summed E-state index contributed by atoms with van der Waals surface area (Å²) in [5.41, 5.74) is 7.23. The minimum absolute atomic E-state index is 0.0999. The number of carbonyl (C=O) groups excluding carboxylic acids is 2. The molecule has 5 N–H and O–H groups in total. The van der Waals surface area contributed by atoms with Crippen LogP contribution < -0.4 is 44.7 Å². The van der Waals surface area contributed by atoms with E-state index in [0.717, 1.165) is 92.5 Å². The minimum Gasteiger partial charge on any atom is -0.493 e. The van der Waals surface area contributed by atoms with Gasteiger partial charge in [0.05, 0.1) is 40.5 Å². The number of nitrogens with one attached hydrogen (secondary N) is 3. The van der Waals surface area contributed by atoms with Crippen LogP contribution in [-0.2, 0) is 12.8 Å². The highest BCUT2D eigenvalue weighted by molar-refractivity contribution is 5.97. The quantitative estimate of drug-likeness (QED) is 0.0774. The molecule has 2 aliphatic heterocycles. The Kier molecular flexibility index (Phi) is 19.4. The van der Waals surface area contributed by atoms with E-state index in [1.807, 2.05) is 74.5 Å². The van der Waals surface area contributed by atoms with Gasteiger partial charge in [-0.3, -0.25) is 9.59 Å². The molecule has 2 atom stereocenters. The highest BCUT2D eigenvalue weighted by Crippen LogP contribution is 2.32. The normalized spacial score (nSPS) is 15.0. The molecule has 0 unspecified atom stereocenters.